The van der Waals surface area contributed by atoms with Crippen LogP contribution in [0.4, 0.5) is 4.79 Å². The number of hydrogen-bond donors (Lipinski definition) is 1. The average molecular weight is 257 g/mol. The summed E-state index contributed by atoms with van der Waals surface area (Å²) in [7, 11) is 0. The summed E-state index contributed by atoms with van der Waals surface area (Å²) in [4.78, 5) is 13.6. The van der Waals surface area contributed by atoms with Gasteiger partial charge in [0.15, 0.2) is 0 Å². The molecule has 1 saturated heterocycles. The predicted molar refractivity (Wildman–Crippen MR) is 72.3 cm³/mol. The lowest BCUT2D eigenvalue weighted by molar-refractivity contribution is 0.00920. The zero-order valence-corrected chi connectivity index (χ0v) is 12.2. The summed E-state index contributed by atoms with van der Waals surface area (Å²) in [6, 6.07) is 0. The van der Waals surface area contributed by atoms with Crippen molar-refractivity contribution in [3.63, 3.8) is 0 Å². The third kappa shape index (κ3) is 5.69. The Morgan fingerprint density at radius 1 is 1.22 bits per heavy atom. The van der Waals surface area contributed by atoms with Gasteiger partial charge in [-0.1, -0.05) is 13.3 Å². The van der Waals surface area contributed by atoms with Crippen molar-refractivity contribution in [3.8, 4) is 0 Å². The van der Waals surface area contributed by atoms with Gasteiger partial charge in [-0.05, 0) is 27.2 Å². The van der Waals surface area contributed by atoms with E-state index < -0.39 is 5.60 Å². The van der Waals surface area contributed by atoms with E-state index in [-0.39, 0.29) is 6.09 Å². The maximum atomic E-state index is 11.8. The molecule has 5 nitrogen and oxygen atoms in total. The van der Waals surface area contributed by atoms with Crippen LogP contribution < -0.4 is 5.43 Å². The maximum absolute atomic E-state index is 11.8. The Morgan fingerprint density at radius 3 is 2.33 bits per heavy atom. The highest BCUT2D eigenvalue weighted by atomic mass is 16.6. The van der Waals surface area contributed by atoms with Crippen LogP contribution in [0.1, 0.15) is 40.5 Å². The minimum atomic E-state index is -0.409. The molecule has 1 aliphatic rings. The first kappa shape index (κ1) is 15.2. The van der Waals surface area contributed by atoms with Crippen molar-refractivity contribution in [2.75, 3.05) is 32.7 Å². The van der Waals surface area contributed by atoms with E-state index in [2.05, 4.69) is 17.4 Å². The smallest absolute Gasteiger partial charge is 0.410 e. The number of unbranched alkanes of at least 4 members (excludes halogenated alkanes) is 1. The largest absolute Gasteiger partial charge is 0.444 e. The highest BCUT2D eigenvalue weighted by Crippen LogP contribution is 2.11. The van der Waals surface area contributed by atoms with E-state index >= 15 is 0 Å². The number of amides is 1. The van der Waals surface area contributed by atoms with E-state index in [1.165, 1.54) is 12.8 Å². The Balaban J connectivity index is 2.24. The standard InChI is InChI=1S/C13H27N3O2/c1-5-6-7-14-16-10-8-15(9-11-16)12(17)18-13(2,3)4/h14H,5-11H2,1-4H3. The van der Waals surface area contributed by atoms with Gasteiger partial charge in [0, 0.05) is 32.7 Å². The summed E-state index contributed by atoms with van der Waals surface area (Å²) in [5, 5.41) is 2.19. The van der Waals surface area contributed by atoms with Crippen LogP contribution >= 0.6 is 0 Å². The third-order valence-electron chi connectivity index (χ3n) is 2.80. The molecule has 0 saturated carbocycles. The number of hydrogen-bond acceptors (Lipinski definition) is 4. The highest BCUT2D eigenvalue weighted by molar-refractivity contribution is 5.68. The Morgan fingerprint density at radius 2 is 1.83 bits per heavy atom. The van der Waals surface area contributed by atoms with Gasteiger partial charge in [-0.25, -0.2) is 9.80 Å². The van der Waals surface area contributed by atoms with Crippen molar-refractivity contribution in [3.05, 3.63) is 0 Å². The van der Waals surface area contributed by atoms with Gasteiger partial charge in [0.25, 0.3) is 0 Å². The fourth-order valence-electron chi connectivity index (χ4n) is 1.79. The van der Waals surface area contributed by atoms with Crippen LogP contribution in [0.25, 0.3) is 0 Å². The second kappa shape index (κ2) is 6.95. The summed E-state index contributed by atoms with van der Waals surface area (Å²) in [5.41, 5.74) is 2.98. The average Bonchev–Trinajstić information content (AvgIpc) is 2.28. The molecule has 0 spiro atoms. The first-order valence-electron chi connectivity index (χ1n) is 6.89. The fourth-order valence-corrected chi connectivity index (χ4v) is 1.79. The number of rotatable bonds is 4. The van der Waals surface area contributed by atoms with Crippen LogP contribution in [-0.4, -0.2) is 54.3 Å². The number of carbonyl (C=O) groups is 1. The molecular weight excluding hydrogens is 230 g/mol. The van der Waals surface area contributed by atoms with E-state index in [0.29, 0.717) is 0 Å². The number of nitrogens with one attached hydrogen (secondary N) is 1. The monoisotopic (exact) mass is 257 g/mol. The molecular formula is C13H27N3O2. The van der Waals surface area contributed by atoms with Crippen molar-refractivity contribution in [1.82, 2.24) is 15.3 Å². The van der Waals surface area contributed by atoms with Gasteiger partial charge in [-0.3, -0.25) is 5.43 Å². The molecule has 0 atom stereocenters. The molecule has 1 amide bonds. The second-order valence-corrected chi connectivity index (χ2v) is 5.72. The van der Waals surface area contributed by atoms with E-state index in [4.69, 9.17) is 4.74 Å². The molecule has 1 N–H and O–H groups in total. The van der Waals surface area contributed by atoms with Crippen LogP contribution in [0.5, 0.6) is 0 Å². The highest BCUT2D eigenvalue weighted by Gasteiger charge is 2.25. The van der Waals surface area contributed by atoms with Crippen LogP contribution in [0.2, 0.25) is 0 Å². The van der Waals surface area contributed by atoms with Gasteiger partial charge in [0.1, 0.15) is 5.60 Å². The van der Waals surface area contributed by atoms with E-state index in [1.807, 2.05) is 20.8 Å². The molecule has 5 heteroatoms. The van der Waals surface area contributed by atoms with E-state index in [1.54, 1.807) is 4.90 Å². The third-order valence-corrected chi connectivity index (χ3v) is 2.80. The molecule has 106 valence electrons. The first-order valence-corrected chi connectivity index (χ1v) is 6.89. The number of ether oxygens (including phenoxy) is 1. The molecule has 1 heterocycles. The summed E-state index contributed by atoms with van der Waals surface area (Å²) in [6.45, 7) is 12.1. The first-order chi connectivity index (χ1) is 8.42. The zero-order valence-electron chi connectivity index (χ0n) is 12.2. The molecule has 1 aliphatic heterocycles. The quantitative estimate of drug-likeness (QED) is 0.781. The molecule has 0 aromatic carbocycles. The molecule has 0 aliphatic carbocycles. The minimum absolute atomic E-state index is 0.198. The van der Waals surface area contributed by atoms with E-state index in [0.717, 1.165) is 32.7 Å². The summed E-state index contributed by atoms with van der Waals surface area (Å²) in [6.07, 6.45) is 2.19. The van der Waals surface area contributed by atoms with Gasteiger partial charge in [0.2, 0.25) is 0 Å². The molecule has 0 bridgehead atoms. The fraction of sp³-hybridized carbons (Fsp3) is 0.923. The van der Waals surface area contributed by atoms with Gasteiger partial charge < -0.3 is 9.64 Å². The van der Waals surface area contributed by atoms with Crippen LogP contribution in [0.15, 0.2) is 0 Å². The Kier molecular flexibility index (Phi) is 5.88. The number of piperazine rings is 1. The molecule has 0 aromatic heterocycles. The molecule has 1 rings (SSSR count). The van der Waals surface area contributed by atoms with Crippen molar-refractivity contribution in [2.45, 2.75) is 46.1 Å². The Bertz CT molecular complexity index is 255. The van der Waals surface area contributed by atoms with Crippen LogP contribution in [-0.2, 0) is 4.74 Å². The summed E-state index contributed by atoms with van der Waals surface area (Å²) < 4.78 is 5.36. The SMILES string of the molecule is CCCCNN1CCN(C(=O)OC(C)(C)C)CC1. The number of hydrazine groups is 1. The number of nitrogens with zero attached hydrogens (tertiary/aromatic N) is 2. The predicted octanol–water partition coefficient (Wildman–Crippen LogP) is 1.84. The van der Waals surface area contributed by atoms with E-state index in [9.17, 15) is 4.79 Å². The molecule has 18 heavy (non-hydrogen) atoms. The van der Waals surface area contributed by atoms with Crippen molar-refractivity contribution in [2.24, 2.45) is 0 Å². The van der Waals surface area contributed by atoms with Gasteiger partial charge >= 0.3 is 6.09 Å². The van der Waals surface area contributed by atoms with Crippen molar-refractivity contribution >= 4 is 6.09 Å². The second-order valence-electron chi connectivity index (χ2n) is 5.72. The van der Waals surface area contributed by atoms with Crippen LogP contribution in [0, 0.1) is 0 Å². The normalized spacial score (nSPS) is 17.9. The molecule has 1 fully saturated rings. The Labute approximate surface area is 110 Å². The lowest BCUT2D eigenvalue weighted by Gasteiger charge is -2.35. The summed E-state index contributed by atoms with van der Waals surface area (Å²) in [5.74, 6) is 0. The Hall–Kier alpha value is -0.810. The minimum Gasteiger partial charge on any atom is -0.444 e. The van der Waals surface area contributed by atoms with Gasteiger partial charge in [-0.2, -0.15) is 0 Å². The molecule has 0 radical (unpaired) electrons. The van der Waals surface area contributed by atoms with Crippen molar-refractivity contribution < 1.29 is 9.53 Å². The van der Waals surface area contributed by atoms with Crippen molar-refractivity contribution in [1.29, 1.82) is 0 Å². The lowest BCUT2D eigenvalue weighted by Crippen LogP contribution is -2.54. The maximum Gasteiger partial charge on any atom is 0.410 e. The molecule has 0 aromatic rings. The molecule has 0 unspecified atom stereocenters. The van der Waals surface area contributed by atoms with Crippen LogP contribution in [0.3, 0.4) is 0 Å². The van der Waals surface area contributed by atoms with Gasteiger partial charge in [-0.15, -0.1) is 0 Å². The van der Waals surface area contributed by atoms with Gasteiger partial charge in [0.05, 0.1) is 0 Å². The number of carbonyl (C=O) groups excluding carboxylic acids is 1. The topological polar surface area (TPSA) is 44.8 Å². The lowest BCUT2D eigenvalue weighted by atomic mass is 10.2. The summed E-state index contributed by atoms with van der Waals surface area (Å²) >= 11 is 0. The zero-order chi connectivity index (χ0) is 13.6.